The molecule has 3 unspecified atom stereocenters. The SMILES string of the molecule is CC1CC(C)C(C)N(c2cnccc2C(=N)N)C1. The van der Waals surface area contributed by atoms with Crippen LogP contribution in [0.4, 0.5) is 5.69 Å². The van der Waals surface area contributed by atoms with Gasteiger partial charge in [-0.2, -0.15) is 0 Å². The Morgan fingerprint density at radius 1 is 1.44 bits per heavy atom. The fraction of sp³-hybridized carbons (Fsp3) is 0.571. The van der Waals surface area contributed by atoms with Crippen LogP contribution in [-0.4, -0.2) is 23.4 Å². The summed E-state index contributed by atoms with van der Waals surface area (Å²) in [6.07, 6.45) is 4.78. The highest BCUT2D eigenvalue weighted by atomic mass is 15.2. The maximum absolute atomic E-state index is 7.68. The van der Waals surface area contributed by atoms with Gasteiger partial charge in [0.1, 0.15) is 5.84 Å². The van der Waals surface area contributed by atoms with Crippen molar-refractivity contribution in [1.82, 2.24) is 4.98 Å². The molecule has 0 spiro atoms. The molecule has 1 aromatic heterocycles. The number of nitrogen functional groups attached to an aromatic ring is 1. The van der Waals surface area contributed by atoms with E-state index in [2.05, 4.69) is 30.7 Å². The standard InChI is InChI=1S/C14H22N4/c1-9-6-10(2)11(3)18(8-9)13-7-17-5-4-12(13)14(15)16/h4-5,7,9-11H,6,8H2,1-3H3,(H3,15,16). The molecule has 1 aromatic rings. The molecule has 3 N–H and O–H groups in total. The van der Waals surface area contributed by atoms with Crippen molar-refractivity contribution in [3.05, 3.63) is 24.0 Å². The number of pyridine rings is 1. The summed E-state index contributed by atoms with van der Waals surface area (Å²) in [7, 11) is 0. The van der Waals surface area contributed by atoms with Gasteiger partial charge in [-0.15, -0.1) is 0 Å². The van der Waals surface area contributed by atoms with Crippen LogP contribution in [0, 0.1) is 17.2 Å². The highest BCUT2D eigenvalue weighted by Crippen LogP contribution is 2.32. The number of hydrogen-bond donors (Lipinski definition) is 2. The van der Waals surface area contributed by atoms with E-state index in [-0.39, 0.29) is 5.84 Å². The van der Waals surface area contributed by atoms with E-state index in [4.69, 9.17) is 11.1 Å². The van der Waals surface area contributed by atoms with Gasteiger partial charge in [0.15, 0.2) is 0 Å². The van der Waals surface area contributed by atoms with Gasteiger partial charge in [0, 0.05) is 24.3 Å². The van der Waals surface area contributed by atoms with Gasteiger partial charge in [-0.25, -0.2) is 0 Å². The van der Waals surface area contributed by atoms with E-state index in [1.54, 1.807) is 6.20 Å². The second-order valence-corrected chi connectivity index (χ2v) is 5.52. The van der Waals surface area contributed by atoms with Crippen LogP contribution in [0.2, 0.25) is 0 Å². The molecule has 4 heteroatoms. The van der Waals surface area contributed by atoms with E-state index in [9.17, 15) is 0 Å². The number of amidine groups is 1. The zero-order valence-corrected chi connectivity index (χ0v) is 11.4. The van der Waals surface area contributed by atoms with Crippen molar-refractivity contribution in [2.75, 3.05) is 11.4 Å². The molecule has 2 heterocycles. The van der Waals surface area contributed by atoms with Crippen LogP contribution >= 0.6 is 0 Å². The lowest BCUT2D eigenvalue weighted by Gasteiger charge is -2.43. The van der Waals surface area contributed by atoms with Crippen LogP contribution in [-0.2, 0) is 0 Å². The van der Waals surface area contributed by atoms with Gasteiger partial charge >= 0.3 is 0 Å². The number of nitrogens with one attached hydrogen (secondary N) is 1. The summed E-state index contributed by atoms with van der Waals surface area (Å²) in [6, 6.07) is 2.29. The van der Waals surface area contributed by atoms with Crippen molar-refractivity contribution in [2.45, 2.75) is 33.2 Å². The number of nitrogens with zero attached hydrogens (tertiary/aromatic N) is 2. The molecule has 0 saturated carbocycles. The second kappa shape index (κ2) is 4.96. The minimum Gasteiger partial charge on any atom is -0.384 e. The first kappa shape index (κ1) is 12.9. The lowest BCUT2D eigenvalue weighted by Crippen LogP contribution is -2.46. The molecule has 0 amide bonds. The normalized spacial score (nSPS) is 28.2. The quantitative estimate of drug-likeness (QED) is 0.621. The minimum absolute atomic E-state index is 0.116. The van der Waals surface area contributed by atoms with Gasteiger partial charge in [-0.1, -0.05) is 13.8 Å². The Labute approximate surface area is 109 Å². The molecule has 0 bridgehead atoms. The van der Waals surface area contributed by atoms with Gasteiger partial charge in [-0.05, 0) is 31.2 Å². The molecule has 1 aliphatic heterocycles. The molecule has 18 heavy (non-hydrogen) atoms. The summed E-state index contributed by atoms with van der Waals surface area (Å²) in [6.45, 7) is 7.82. The molecule has 1 fully saturated rings. The number of anilines is 1. The van der Waals surface area contributed by atoms with Gasteiger partial charge in [0.25, 0.3) is 0 Å². The maximum Gasteiger partial charge on any atom is 0.125 e. The van der Waals surface area contributed by atoms with E-state index >= 15 is 0 Å². The van der Waals surface area contributed by atoms with Crippen molar-refractivity contribution < 1.29 is 0 Å². The number of nitrogens with two attached hydrogens (primary N) is 1. The fourth-order valence-corrected chi connectivity index (χ4v) is 2.88. The van der Waals surface area contributed by atoms with Gasteiger partial charge in [0.05, 0.1) is 11.9 Å². The van der Waals surface area contributed by atoms with Crippen LogP contribution in [0.1, 0.15) is 32.8 Å². The Balaban J connectivity index is 2.38. The monoisotopic (exact) mass is 246 g/mol. The predicted octanol–water partition coefficient (Wildman–Crippen LogP) is 2.24. The Bertz CT molecular complexity index is 443. The maximum atomic E-state index is 7.68. The van der Waals surface area contributed by atoms with Crippen molar-refractivity contribution in [3.63, 3.8) is 0 Å². The summed E-state index contributed by atoms with van der Waals surface area (Å²) in [4.78, 5) is 6.54. The van der Waals surface area contributed by atoms with E-state index in [0.29, 0.717) is 17.9 Å². The molecule has 0 aromatic carbocycles. The molecule has 2 rings (SSSR count). The van der Waals surface area contributed by atoms with E-state index in [0.717, 1.165) is 17.8 Å². The van der Waals surface area contributed by atoms with Crippen LogP contribution in [0.3, 0.4) is 0 Å². The molecule has 98 valence electrons. The first-order chi connectivity index (χ1) is 8.50. The Morgan fingerprint density at radius 3 is 2.83 bits per heavy atom. The predicted molar refractivity (Wildman–Crippen MR) is 75.0 cm³/mol. The summed E-state index contributed by atoms with van der Waals surface area (Å²) in [5, 5.41) is 7.68. The zero-order valence-electron chi connectivity index (χ0n) is 11.4. The lowest BCUT2D eigenvalue weighted by molar-refractivity contribution is 0.297. The number of hydrogen-bond acceptors (Lipinski definition) is 3. The summed E-state index contributed by atoms with van der Waals surface area (Å²) < 4.78 is 0. The minimum atomic E-state index is 0.116. The molecular formula is C14H22N4. The van der Waals surface area contributed by atoms with Crippen molar-refractivity contribution in [1.29, 1.82) is 5.41 Å². The smallest absolute Gasteiger partial charge is 0.125 e. The lowest BCUT2D eigenvalue weighted by atomic mass is 9.85. The summed E-state index contributed by atoms with van der Waals surface area (Å²) in [5.74, 6) is 1.43. The van der Waals surface area contributed by atoms with Crippen LogP contribution in [0.5, 0.6) is 0 Å². The number of aromatic nitrogens is 1. The average Bonchev–Trinajstić information content (AvgIpc) is 2.33. The van der Waals surface area contributed by atoms with Crippen molar-refractivity contribution in [2.24, 2.45) is 17.6 Å². The van der Waals surface area contributed by atoms with E-state index in [1.165, 1.54) is 6.42 Å². The topological polar surface area (TPSA) is 66.0 Å². The molecule has 1 aliphatic rings. The van der Waals surface area contributed by atoms with E-state index in [1.807, 2.05) is 12.3 Å². The highest BCUT2D eigenvalue weighted by molar-refractivity contribution is 6.00. The molecule has 1 saturated heterocycles. The Hall–Kier alpha value is -1.58. The molecular weight excluding hydrogens is 224 g/mol. The first-order valence-electron chi connectivity index (χ1n) is 6.55. The Kier molecular flexibility index (Phi) is 3.55. The molecule has 0 aliphatic carbocycles. The van der Waals surface area contributed by atoms with Crippen LogP contribution in [0.15, 0.2) is 18.5 Å². The molecule has 3 atom stereocenters. The summed E-state index contributed by atoms with van der Waals surface area (Å²) in [5.41, 5.74) is 7.45. The zero-order chi connectivity index (χ0) is 13.3. The van der Waals surface area contributed by atoms with E-state index < -0.39 is 0 Å². The third-order valence-corrected chi connectivity index (χ3v) is 4.00. The van der Waals surface area contributed by atoms with Crippen LogP contribution < -0.4 is 10.6 Å². The van der Waals surface area contributed by atoms with Gasteiger partial charge < -0.3 is 10.6 Å². The highest BCUT2D eigenvalue weighted by Gasteiger charge is 2.30. The Morgan fingerprint density at radius 2 is 2.17 bits per heavy atom. The molecule has 0 radical (unpaired) electrons. The third-order valence-electron chi connectivity index (χ3n) is 4.00. The molecule has 4 nitrogen and oxygen atoms in total. The largest absolute Gasteiger partial charge is 0.384 e. The summed E-state index contributed by atoms with van der Waals surface area (Å²) >= 11 is 0. The van der Waals surface area contributed by atoms with Crippen LogP contribution in [0.25, 0.3) is 0 Å². The van der Waals surface area contributed by atoms with Gasteiger partial charge in [0.2, 0.25) is 0 Å². The van der Waals surface area contributed by atoms with Crippen molar-refractivity contribution >= 4 is 11.5 Å². The first-order valence-corrected chi connectivity index (χ1v) is 6.55. The number of rotatable bonds is 2. The second-order valence-electron chi connectivity index (χ2n) is 5.52. The van der Waals surface area contributed by atoms with Crippen molar-refractivity contribution in [3.8, 4) is 0 Å². The number of piperidine rings is 1. The fourth-order valence-electron chi connectivity index (χ4n) is 2.88. The third kappa shape index (κ3) is 2.33. The van der Waals surface area contributed by atoms with Gasteiger partial charge in [-0.3, -0.25) is 10.4 Å². The average molecular weight is 246 g/mol.